The molecule has 3 rings (SSSR count). The molecule has 0 bridgehead atoms. The van der Waals surface area contributed by atoms with E-state index in [0.717, 1.165) is 11.1 Å². The number of benzene rings is 2. The number of carbonyl (C=O) groups excluding carboxylic acids is 2. The SMILES string of the molecule is COc1ccc(OC)c([C@@H](C)NC(=O)C[C@H]2OC(=O)c3ccccc32)c1. The number of methoxy groups -OCH3 is 2. The molecule has 1 aliphatic heterocycles. The van der Waals surface area contributed by atoms with E-state index < -0.39 is 6.10 Å². The third kappa shape index (κ3) is 3.49. The summed E-state index contributed by atoms with van der Waals surface area (Å²) >= 11 is 0. The number of ether oxygens (including phenoxy) is 3. The van der Waals surface area contributed by atoms with Crippen LogP contribution in [0.4, 0.5) is 0 Å². The predicted molar refractivity (Wildman–Crippen MR) is 95.3 cm³/mol. The van der Waals surface area contributed by atoms with Gasteiger partial charge in [-0.05, 0) is 31.2 Å². The Bertz CT molecular complexity index is 833. The number of nitrogens with one attached hydrogen (secondary N) is 1. The van der Waals surface area contributed by atoms with E-state index in [1.54, 1.807) is 38.5 Å². The first-order chi connectivity index (χ1) is 12.5. The second kappa shape index (κ2) is 7.47. The Labute approximate surface area is 152 Å². The summed E-state index contributed by atoms with van der Waals surface area (Å²) in [6.45, 7) is 1.86. The third-order valence-corrected chi connectivity index (χ3v) is 4.43. The summed E-state index contributed by atoms with van der Waals surface area (Å²) in [6.07, 6.45) is -0.488. The summed E-state index contributed by atoms with van der Waals surface area (Å²) < 4.78 is 15.9. The number of fused-ring (bicyclic) bond motifs is 1. The van der Waals surface area contributed by atoms with E-state index in [1.165, 1.54) is 0 Å². The van der Waals surface area contributed by atoms with Gasteiger partial charge in [-0.1, -0.05) is 18.2 Å². The maximum Gasteiger partial charge on any atom is 0.339 e. The van der Waals surface area contributed by atoms with Gasteiger partial charge < -0.3 is 19.5 Å². The molecule has 0 aliphatic carbocycles. The van der Waals surface area contributed by atoms with Crippen molar-refractivity contribution in [1.82, 2.24) is 5.32 Å². The van der Waals surface area contributed by atoms with Crippen molar-refractivity contribution in [2.45, 2.75) is 25.5 Å². The molecule has 6 nitrogen and oxygen atoms in total. The van der Waals surface area contributed by atoms with Crippen LogP contribution >= 0.6 is 0 Å². The highest BCUT2D eigenvalue weighted by molar-refractivity contribution is 5.94. The molecule has 6 heteroatoms. The molecule has 1 amide bonds. The lowest BCUT2D eigenvalue weighted by Gasteiger charge is -2.19. The van der Waals surface area contributed by atoms with Crippen molar-refractivity contribution < 1.29 is 23.8 Å². The van der Waals surface area contributed by atoms with Crippen LogP contribution in [0, 0.1) is 0 Å². The monoisotopic (exact) mass is 355 g/mol. The molecule has 0 fully saturated rings. The summed E-state index contributed by atoms with van der Waals surface area (Å²) in [5, 5.41) is 2.93. The maximum atomic E-state index is 12.5. The number of hydrogen-bond acceptors (Lipinski definition) is 5. The number of cyclic esters (lactones) is 1. The van der Waals surface area contributed by atoms with Gasteiger partial charge in [0.05, 0.1) is 32.2 Å². The van der Waals surface area contributed by atoms with Gasteiger partial charge in [0.2, 0.25) is 5.91 Å². The van der Waals surface area contributed by atoms with Crippen molar-refractivity contribution >= 4 is 11.9 Å². The van der Waals surface area contributed by atoms with Crippen LogP contribution in [0.3, 0.4) is 0 Å². The van der Waals surface area contributed by atoms with Gasteiger partial charge in [0.15, 0.2) is 0 Å². The zero-order valence-corrected chi connectivity index (χ0v) is 14.9. The first-order valence-electron chi connectivity index (χ1n) is 8.34. The van der Waals surface area contributed by atoms with Crippen LogP contribution in [0.5, 0.6) is 11.5 Å². The molecule has 0 aromatic heterocycles. The number of hydrogen-bond donors (Lipinski definition) is 1. The first kappa shape index (κ1) is 17.8. The fourth-order valence-corrected chi connectivity index (χ4v) is 3.10. The second-order valence-electron chi connectivity index (χ2n) is 6.08. The molecule has 2 aromatic rings. The zero-order valence-electron chi connectivity index (χ0n) is 14.9. The first-order valence-corrected chi connectivity index (χ1v) is 8.34. The molecular weight excluding hydrogens is 334 g/mol. The van der Waals surface area contributed by atoms with E-state index in [4.69, 9.17) is 14.2 Å². The van der Waals surface area contributed by atoms with Gasteiger partial charge in [-0.3, -0.25) is 4.79 Å². The molecule has 1 heterocycles. The van der Waals surface area contributed by atoms with Gasteiger partial charge in [-0.25, -0.2) is 4.79 Å². The van der Waals surface area contributed by atoms with Crippen LogP contribution in [0.25, 0.3) is 0 Å². The number of rotatable bonds is 6. The van der Waals surface area contributed by atoms with E-state index in [-0.39, 0.29) is 24.3 Å². The highest BCUT2D eigenvalue weighted by Gasteiger charge is 2.32. The average molecular weight is 355 g/mol. The van der Waals surface area contributed by atoms with E-state index in [9.17, 15) is 9.59 Å². The molecule has 0 unspecified atom stereocenters. The van der Waals surface area contributed by atoms with Crippen molar-refractivity contribution in [2.24, 2.45) is 0 Å². The lowest BCUT2D eigenvalue weighted by atomic mass is 10.0. The number of carbonyl (C=O) groups is 2. The summed E-state index contributed by atoms with van der Waals surface area (Å²) in [4.78, 5) is 24.3. The normalized spacial score (nSPS) is 16.4. The minimum atomic E-state index is -0.557. The van der Waals surface area contributed by atoms with Gasteiger partial charge in [0.1, 0.15) is 17.6 Å². The van der Waals surface area contributed by atoms with Gasteiger partial charge in [-0.2, -0.15) is 0 Å². The van der Waals surface area contributed by atoms with Gasteiger partial charge in [0.25, 0.3) is 0 Å². The molecular formula is C20H21NO5. The van der Waals surface area contributed by atoms with E-state index in [0.29, 0.717) is 17.1 Å². The minimum Gasteiger partial charge on any atom is -0.497 e. The Kier molecular flexibility index (Phi) is 5.11. The predicted octanol–water partition coefficient (Wildman–Crippen LogP) is 3.18. The van der Waals surface area contributed by atoms with Gasteiger partial charge in [0, 0.05) is 11.1 Å². The van der Waals surface area contributed by atoms with E-state index in [2.05, 4.69) is 5.32 Å². The largest absolute Gasteiger partial charge is 0.497 e. The van der Waals surface area contributed by atoms with Crippen molar-refractivity contribution in [1.29, 1.82) is 0 Å². The topological polar surface area (TPSA) is 73.9 Å². The van der Waals surface area contributed by atoms with E-state index >= 15 is 0 Å². The highest BCUT2D eigenvalue weighted by Crippen LogP contribution is 2.33. The minimum absolute atomic E-state index is 0.0688. The molecule has 136 valence electrons. The highest BCUT2D eigenvalue weighted by atomic mass is 16.5. The summed E-state index contributed by atoms with van der Waals surface area (Å²) in [5.41, 5.74) is 2.08. The molecule has 0 saturated carbocycles. The summed E-state index contributed by atoms with van der Waals surface area (Å²) in [6, 6.07) is 12.3. The maximum absolute atomic E-state index is 12.5. The van der Waals surface area contributed by atoms with Gasteiger partial charge in [-0.15, -0.1) is 0 Å². The lowest BCUT2D eigenvalue weighted by Crippen LogP contribution is -2.28. The van der Waals surface area contributed by atoms with E-state index in [1.807, 2.05) is 25.1 Å². The van der Waals surface area contributed by atoms with Crippen molar-refractivity contribution in [2.75, 3.05) is 14.2 Å². The molecule has 26 heavy (non-hydrogen) atoms. The molecule has 2 atom stereocenters. The molecule has 2 aromatic carbocycles. The van der Waals surface area contributed by atoms with Crippen LogP contribution in [0.2, 0.25) is 0 Å². The fraction of sp³-hybridized carbons (Fsp3) is 0.300. The molecule has 0 radical (unpaired) electrons. The van der Waals surface area contributed by atoms with Gasteiger partial charge >= 0.3 is 5.97 Å². The third-order valence-electron chi connectivity index (χ3n) is 4.43. The van der Waals surface area contributed by atoms with Crippen molar-refractivity contribution in [3.05, 3.63) is 59.2 Å². The Balaban J connectivity index is 1.70. The second-order valence-corrected chi connectivity index (χ2v) is 6.08. The number of esters is 1. The summed E-state index contributed by atoms with van der Waals surface area (Å²) in [5.74, 6) is 0.745. The molecule has 1 aliphatic rings. The molecule has 0 spiro atoms. The van der Waals surface area contributed by atoms with Crippen LogP contribution in [-0.4, -0.2) is 26.1 Å². The molecule has 1 N–H and O–H groups in total. The van der Waals surface area contributed by atoms with Crippen LogP contribution < -0.4 is 14.8 Å². The number of amides is 1. The van der Waals surface area contributed by atoms with Crippen LogP contribution in [0.15, 0.2) is 42.5 Å². The van der Waals surface area contributed by atoms with Crippen molar-refractivity contribution in [3.63, 3.8) is 0 Å². The lowest BCUT2D eigenvalue weighted by molar-refractivity contribution is -0.123. The zero-order chi connectivity index (χ0) is 18.7. The van der Waals surface area contributed by atoms with Crippen molar-refractivity contribution in [3.8, 4) is 11.5 Å². The Morgan fingerprint density at radius 1 is 1.19 bits per heavy atom. The Hall–Kier alpha value is -3.02. The van der Waals surface area contributed by atoms with Crippen LogP contribution in [-0.2, 0) is 9.53 Å². The Morgan fingerprint density at radius 3 is 2.69 bits per heavy atom. The van der Waals surface area contributed by atoms with Crippen LogP contribution in [0.1, 0.15) is 47.0 Å². The Morgan fingerprint density at radius 2 is 1.96 bits per heavy atom. The average Bonchev–Trinajstić information content (AvgIpc) is 2.97. The summed E-state index contributed by atoms with van der Waals surface area (Å²) in [7, 11) is 3.16. The standard InChI is InChI=1S/C20H21NO5/c1-12(16-10-13(24-2)8-9-17(16)25-3)21-19(22)11-18-14-6-4-5-7-15(14)20(23)26-18/h4-10,12,18H,11H2,1-3H3,(H,21,22)/t12-,18-/m1/s1. The molecule has 0 saturated heterocycles. The quantitative estimate of drug-likeness (QED) is 0.806. The smallest absolute Gasteiger partial charge is 0.339 e. The fourth-order valence-electron chi connectivity index (χ4n) is 3.10.